The summed E-state index contributed by atoms with van der Waals surface area (Å²) in [6.45, 7) is 0. The highest BCUT2D eigenvalue weighted by molar-refractivity contribution is 5.88. The number of benzene rings is 2. The molecule has 128 valence electrons. The zero-order chi connectivity index (χ0) is 17.8. The summed E-state index contributed by atoms with van der Waals surface area (Å²) in [5.41, 5.74) is 5.57. The minimum absolute atomic E-state index is 0.139. The van der Waals surface area contributed by atoms with Crippen LogP contribution in [0, 0.1) is 20.2 Å². The van der Waals surface area contributed by atoms with E-state index in [1.165, 1.54) is 23.3 Å². The molecular weight excluding hydrogens is 324 g/mol. The van der Waals surface area contributed by atoms with Gasteiger partial charge in [-0.1, -0.05) is 24.3 Å². The lowest BCUT2D eigenvalue weighted by atomic mass is 10.0. The zero-order valence-electron chi connectivity index (χ0n) is 13.3. The second kappa shape index (κ2) is 7.08. The molecule has 0 saturated carbocycles. The van der Waals surface area contributed by atoms with E-state index in [1.807, 2.05) is 12.1 Å². The molecule has 0 fully saturated rings. The van der Waals surface area contributed by atoms with Crippen LogP contribution in [0.5, 0.6) is 0 Å². The molecule has 1 aliphatic carbocycles. The van der Waals surface area contributed by atoms with E-state index in [0.29, 0.717) is 6.42 Å². The molecule has 25 heavy (non-hydrogen) atoms. The SMILES string of the molecule is O=[N+]([O-])c1ccc(N/N=C2\CCCc3ccccc3C2)c([N+](=O)[O-])c1. The molecule has 0 radical (unpaired) electrons. The van der Waals surface area contributed by atoms with Crippen LogP contribution >= 0.6 is 0 Å². The second-order valence-electron chi connectivity index (χ2n) is 5.80. The van der Waals surface area contributed by atoms with Crippen molar-refractivity contribution in [1.29, 1.82) is 0 Å². The molecule has 0 unspecified atom stereocenters. The minimum Gasteiger partial charge on any atom is -0.272 e. The van der Waals surface area contributed by atoms with Gasteiger partial charge in [0.2, 0.25) is 0 Å². The van der Waals surface area contributed by atoms with Crippen LogP contribution in [0.25, 0.3) is 0 Å². The van der Waals surface area contributed by atoms with Crippen molar-refractivity contribution in [1.82, 2.24) is 0 Å². The summed E-state index contributed by atoms with van der Waals surface area (Å²) in [5, 5.41) is 26.3. The summed E-state index contributed by atoms with van der Waals surface area (Å²) in [6, 6.07) is 11.6. The van der Waals surface area contributed by atoms with Gasteiger partial charge in [-0.3, -0.25) is 25.7 Å². The van der Waals surface area contributed by atoms with Gasteiger partial charge in [0.25, 0.3) is 5.69 Å². The predicted octanol–water partition coefficient (Wildman–Crippen LogP) is 3.85. The molecular formula is C17H16N4O4. The van der Waals surface area contributed by atoms with Crippen LogP contribution in [0.15, 0.2) is 47.6 Å². The first-order chi connectivity index (χ1) is 12.0. The molecule has 0 heterocycles. The Labute approximate surface area is 143 Å². The van der Waals surface area contributed by atoms with Crippen LogP contribution in [0.3, 0.4) is 0 Å². The highest BCUT2D eigenvalue weighted by atomic mass is 16.6. The Morgan fingerprint density at radius 2 is 1.72 bits per heavy atom. The topological polar surface area (TPSA) is 111 Å². The van der Waals surface area contributed by atoms with E-state index in [1.54, 1.807) is 0 Å². The summed E-state index contributed by atoms with van der Waals surface area (Å²) in [5.74, 6) is 0. The Bertz CT molecular complexity index is 863. The van der Waals surface area contributed by atoms with Crippen molar-refractivity contribution >= 4 is 22.8 Å². The van der Waals surface area contributed by atoms with Crippen LogP contribution in [-0.2, 0) is 12.8 Å². The number of nitrogens with one attached hydrogen (secondary N) is 1. The molecule has 1 N–H and O–H groups in total. The normalized spacial score (nSPS) is 15.3. The van der Waals surface area contributed by atoms with Crippen molar-refractivity contribution in [2.24, 2.45) is 5.10 Å². The maximum Gasteiger partial charge on any atom is 0.301 e. The third-order valence-corrected chi connectivity index (χ3v) is 4.15. The molecule has 0 aromatic heterocycles. The highest BCUT2D eigenvalue weighted by Crippen LogP contribution is 2.29. The molecule has 0 amide bonds. The van der Waals surface area contributed by atoms with Gasteiger partial charge in [-0.05, 0) is 36.5 Å². The van der Waals surface area contributed by atoms with Crippen molar-refractivity contribution in [3.63, 3.8) is 0 Å². The lowest BCUT2D eigenvalue weighted by molar-refractivity contribution is -0.393. The molecule has 0 aliphatic heterocycles. The number of nitrogens with zero attached hydrogens (tertiary/aromatic N) is 3. The van der Waals surface area contributed by atoms with E-state index < -0.39 is 9.85 Å². The summed E-state index contributed by atoms with van der Waals surface area (Å²) in [6.07, 6.45) is 3.42. The number of fused-ring (bicyclic) bond motifs is 1. The number of rotatable bonds is 4. The third kappa shape index (κ3) is 3.79. The van der Waals surface area contributed by atoms with Gasteiger partial charge in [0.05, 0.1) is 15.9 Å². The Hall–Kier alpha value is -3.29. The standard InChI is InChI=1S/C17H16N4O4/c22-20(23)15-8-9-16(17(11-15)21(24)25)19-18-14-7-3-6-12-4-1-2-5-13(12)10-14/h1-2,4-5,8-9,11,19H,3,6-7,10H2/b18-14+. The quantitative estimate of drug-likeness (QED) is 0.516. The van der Waals surface area contributed by atoms with E-state index in [2.05, 4.69) is 22.7 Å². The molecule has 1 aliphatic rings. The number of hydrogen-bond acceptors (Lipinski definition) is 6. The molecule has 0 spiro atoms. The Kier molecular flexibility index (Phi) is 4.69. The van der Waals surface area contributed by atoms with E-state index in [9.17, 15) is 20.2 Å². The molecule has 0 bridgehead atoms. The van der Waals surface area contributed by atoms with Crippen LogP contribution in [0.2, 0.25) is 0 Å². The smallest absolute Gasteiger partial charge is 0.272 e. The number of nitro groups is 2. The summed E-state index contributed by atoms with van der Waals surface area (Å²) in [4.78, 5) is 20.6. The Morgan fingerprint density at radius 3 is 2.44 bits per heavy atom. The maximum absolute atomic E-state index is 11.2. The second-order valence-corrected chi connectivity index (χ2v) is 5.80. The molecule has 3 rings (SSSR count). The number of nitro benzene ring substituents is 2. The predicted molar refractivity (Wildman–Crippen MR) is 93.9 cm³/mol. The number of anilines is 1. The largest absolute Gasteiger partial charge is 0.301 e. The Balaban J connectivity index is 1.84. The van der Waals surface area contributed by atoms with E-state index in [-0.39, 0.29) is 17.1 Å². The van der Waals surface area contributed by atoms with Gasteiger partial charge >= 0.3 is 5.69 Å². The minimum atomic E-state index is -0.662. The fourth-order valence-electron chi connectivity index (χ4n) is 2.88. The maximum atomic E-state index is 11.2. The van der Waals surface area contributed by atoms with Gasteiger partial charge < -0.3 is 0 Å². The van der Waals surface area contributed by atoms with Crippen LogP contribution in [0.1, 0.15) is 24.0 Å². The average molecular weight is 340 g/mol. The van der Waals surface area contributed by atoms with Crippen molar-refractivity contribution in [2.75, 3.05) is 5.43 Å². The van der Waals surface area contributed by atoms with Crippen LogP contribution < -0.4 is 5.43 Å². The molecule has 2 aromatic carbocycles. The lowest BCUT2D eigenvalue weighted by Gasteiger charge is -2.06. The average Bonchev–Trinajstić information content (AvgIpc) is 2.81. The van der Waals surface area contributed by atoms with Gasteiger partial charge in [0.1, 0.15) is 5.69 Å². The van der Waals surface area contributed by atoms with Gasteiger partial charge in [-0.15, -0.1) is 0 Å². The first-order valence-electron chi connectivity index (χ1n) is 7.85. The van der Waals surface area contributed by atoms with Crippen LogP contribution in [0.4, 0.5) is 17.1 Å². The van der Waals surface area contributed by atoms with Crippen molar-refractivity contribution in [3.05, 3.63) is 73.8 Å². The van der Waals surface area contributed by atoms with Crippen molar-refractivity contribution in [2.45, 2.75) is 25.7 Å². The lowest BCUT2D eigenvalue weighted by Crippen LogP contribution is -2.06. The Morgan fingerprint density at radius 1 is 0.960 bits per heavy atom. The number of hydrogen-bond donors (Lipinski definition) is 1. The summed E-state index contributed by atoms with van der Waals surface area (Å²) in [7, 11) is 0. The van der Waals surface area contributed by atoms with Gasteiger partial charge in [0.15, 0.2) is 0 Å². The number of non-ortho nitro benzene ring substituents is 1. The monoisotopic (exact) mass is 340 g/mol. The van der Waals surface area contributed by atoms with Crippen molar-refractivity contribution in [3.8, 4) is 0 Å². The van der Waals surface area contributed by atoms with Crippen LogP contribution in [-0.4, -0.2) is 15.6 Å². The molecule has 8 nitrogen and oxygen atoms in total. The van der Waals surface area contributed by atoms with E-state index in [4.69, 9.17) is 0 Å². The molecule has 0 saturated heterocycles. The van der Waals surface area contributed by atoms with Gasteiger partial charge in [0, 0.05) is 18.2 Å². The number of aryl methyl sites for hydroxylation is 1. The van der Waals surface area contributed by atoms with Gasteiger partial charge in [-0.2, -0.15) is 5.10 Å². The first-order valence-corrected chi connectivity index (χ1v) is 7.85. The molecule has 8 heteroatoms. The summed E-state index contributed by atoms with van der Waals surface area (Å²) < 4.78 is 0. The molecule has 0 atom stereocenters. The zero-order valence-corrected chi connectivity index (χ0v) is 13.3. The first kappa shape index (κ1) is 16.6. The fourth-order valence-corrected chi connectivity index (χ4v) is 2.88. The van der Waals surface area contributed by atoms with Gasteiger partial charge in [-0.25, -0.2) is 0 Å². The number of hydrazone groups is 1. The van der Waals surface area contributed by atoms with E-state index >= 15 is 0 Å². The third-order valence-electron chi connectivity index (χ3n) is 4.15. The highest BCUT2D eigenvalue weighted by Gasteiger charge is 2.19. The fraction of sp³-hybridized carbons (Fsp3) is 0.235. The van der Waals surface area contributed by atoms with E-state index in [0.717, 1.165) is 31.0 Å². The van der Waals surface area contributed by atoms with Crippen molar-refractivity contribution < 1.29 is 9.85 Å². The summed E-state index contributed by atoms with van der Waals surface area (Å²) >= 11 is 0. The molecule has 2 aromatic rings.